The number of para-hydroxylation sites is 3. The Morgan fingerprint density at radius 1 is 0.720 bits per heavy atom. The molecule has 0 spiro atoms. The van der Waals surface area contributed by atoms with Gasteiger partial charge in [0.25, 0.3) is 0 Å². The van der Waals surface area contributed by atoms with E-state index in [0.29, 0.717) is 11.4 Å². The van der Waals surface area contributed by atoms with Crippen LogP contribution in [0.15, 0.2) is 78.9 Å². The average Bonchev–Trinajstić information content (AvgIpc) is 2.64. The zero-order valence-corrected chi connectivity index (χ0v) is 14.8. The molecule has 4 nitrogen and oxygen atoms in total. The molecule has 3 aromatic carbocycles. The van der Waals surface area contributed by atoms with Gasteiger partial charge in [-0.05, 0) is 30.7 Å². The summed E-state index contributed by atoms with van der Waals surface area (Å²) in [7, 11) is -3.34. The topological polar surface area (TPSA) is 58.2 Å². The summed E-state index contributed by atoms with van der Waals surface area (Å²) in [5, 5.41) is 3.36. The molecule has 3 rings (SSSR count). The molecule has 0 unspecified atom stereocenters. The number of sulfonamides is 1. The molecule has 25 heavy (non-hydrogen) atoms. The molecule has 0 fully saturated rings. The van der Waals surface area contributed by atoms with Crippen LogP contribution in [0.2, 0.25) is 0 Å². The molecule has 5 heteroatoms. The second kappa shape index (κ2) is 7.40. The molecule has 3 aromatic rings. The smallest absolute Gasteiger partial charge is 0.232 e. The van der Waals surface area contributed by atoms with E-state index >= 15 is 0 Å². The largest absolute Gasteiger partial charge is 0.353 e. The van der Waals surface area contributed by atoms with Crippen molar-refractivity contribution in [2.24, 2.45) is 0 Å². The van der Waals surface area contributed by atoms with Gasteiger partial charge in [0.05, 0.1) is 17.1 Å². The van der Waals surface area contributed by atoms with Crippen molar-refractivity contribution in [3.63, 3.8) is 0 Å². The highest BCUT2D eigenvalue weighted by Crippen LogP contribution is 2.32. The van der Waals surface area contributed by atoms with Crippen molar-refractivity contribution in [3.8, 4) is 11.1 Å². The monoisotopic (exact) mass is 352 g/mol. The zero-order valence-electron chi connectivity index (χ0n) is 13.9. The maximum absolute atomic E-state index is 11.9. The minimum Gasteiger partial charge on any atom is -0.353 e. The third-order valence-electron chi connectivity index (χ3n) is 3.85. The summed E-state index contributed by atoms with van der Waals surface area (Å²) < 4.78 is 26.5. The molecule has 0 heterocycles. The van der Waals surface area contributed by atoms with Gasteiger partial charge in [-0.2, -0.15) is 0 Å². The Balaban J connectivity index is 1.97. The van der Waals surface area contributed by atoms with E-state index in [1.54, 1.807) is 13.0 Å². The van der Waals surface area contributed by atoms with Crippen LogP contribution < -0.4 is 10.0 Å². The highest BCUT2D eigenvalue weighted by molar-refractivity contribution is 7.92. The van der Waals surface area contributed by atoms with Gasteiger partial charge in [0.1, 0.15) is 0 Å². The van der Waals surface area contributed by atoms with Crippen molar-refractivity contribution in [2.75, 3.05) is 15.8 Å². The fourth-order valence-electron chi connectivity index (χ4n) is 2.53. The SMILES string of the molecule is CCS(=O)(=O)Nc1ccccc1Nc1ccccc1-c1ccccc1. The van der Waals surface area contributed by atoms with Gasteiger partial charge >= 0.3 is 0 Å². The van der Waals surface area contributed by atoms with Gasteiger partial charge in [0.15, 0.2) is 0 Å². The molecule has 0 aliphatic carbocycles. The summed E-state index contributed by atoms with van der Waals surface area (Å²) in [6, 6.07) is 25.3. The van der Waals surface area contributed by atoms with E-state index in [4.69, 9.17) is 0 Å². The summed E-state index contributed by atoms with van der Waals surface area (Å²) in [5.74, 6) is 0.0297. The molecule has 0 saturated heterocycles. The fourth-order valence-corrected chi connectivity index (χ4v) is 3.18. The molecule has 128 valence electrons. The van der Waals surface area contributed by atoms with E-state index in [2.05, 4.69) is 10.0 Å². The van der Waals surface area contributed by atoms with E-state index < -0.39 is 10.0 Å². The van der Waals surface area contributed by atoms with Crippen molar-refractivity contribution in [3.05, 3.63) is 78.9 Å². The Kier molecular flexibility index (Phi) is 5.05. The Morgan fingerprint density at radius 3 is 1.96 bits per heavy atom. The van der Waals surface area contributed by atoms with Gasteiger partial charge in [-0.1, -0.05) is 60.7 Å². The normalized spacial score (nSPS) is 11.1. The van der Waals surface area contributed by atoms with Crippen LogP contribution in [0.5, 0.6) is 0 Å². The molecule has 0 radical (unpaired) electrons. The second-order valence-electron chi connectivity index (χ2n) is 5.59. The standard InChI is InChI=1S/C20H20N2O2S/c1-2-25(23,24)22-20-15-9-8-14-19(20)21-18-13-7-6-12-17(18)16-10-4-3-5-11-16/h3-15,21-22H,2H2,1H3. The fraction of sp³-hybridized carbons (Fsp3) is 0.100. The van der Waals surface area contributed by atoms with Crippen molar-refractivity contribution < 1.29 is 8.42 Å². The molecule has 0 aliphatic heterocycles. The van der Waals surface area contributed by atoms with E-state index in [-0.39, 0.29) is 5.75 Å². The summed E-state index contributed by atoms with van der Waals surface area (Å²) in [4.78, 5) is 0. The number of anilines is 3. The lowest BCUT2D eigenvalue weighted by atomic mass is 10.0. The Labute approximate surface area is 148 Å². The number of nitrogens with one attached hydrogen (secondary N) is 2. The van der Waals surface area contributed by atoms with Crippen LogP contribution in [0.25, 0.3) is 11.1 Å². The third kappa shape index (κ3) is 4.19. The molecular weight excluding hydrogens is 332 g/mol. The quantitative estimate of drug-likeness (QED) is 0.666. The second-order valence-corrected chi connectivity index (χ2v) is 7.60. The highest BCUT2D eigenvalue weighted by atomic mass is 32.2. The van der Waals surface area contributed by atoms with Gasteiger partial charge in [-0.25, -0.2) is 8.42 Å². The van der Waals surface area contributed by atoms with Crippen LogP contribution in [-0.4, -0.2) is 14.2 Å². The van der Waals surface area contributed by atoms with E-state index in [1.807, 2.05) is 72.8 Å². The van der Waals surface area contributed by atoms with Crippen LogP contribution in [0, 0.1) is 0 Å². The lowest BCUT2D eigenvalue weighted by Gasteiger charge is -2.16. The summed E-state index contributed by atoms with van der Waals surface area (Å²) in [5.41, 5.74) is 4.31. The Hall–Kier alpha value is -2.79. The first kappa shape index (κ1) is 17.0. The van der Waals surface area contributed by atoms with Gasteiger partial charge in [-0.3, -0.25) is 4.72 Å². The zero-order chi connectivity index (χ0) is 17.7. The summed E-state index contributed by atoms with van der Waals surface area (Å²) in [6.45, 7) is 1.61. The summed E-state index contributed by atoms with van der Waals surface area (Å²) >= 11 is 0. The number of benzene rings is 3. The van der Waals surface area contributed by atoms with Crippen LogP contribution in [0.4, 0.5) is 17.1 Å². The molecule has 2 N–H and O–H groups in total. The van der Waals surface area contributed by atoms with Crippen molar-refractivity contribution in [1.29, 1.82) is 0 Å². The third-order valence-corrected chi connectivity index (χ3v) is 5.14. The van der Waals surface area contributed by atoms with Crippen LogP contribution in [0.1, 0.15) is 6.92 Å². The highest BCUT2D eigenvalue weighted by Gasteiger charge is 2.11. The maximum Gasteiger partial charge on any atom is 0.232 e. The molecule has 0 aromatic heterocycles. The minimum absolute atomic E-state index is 0.0297. The molecule has 0 saturated carbocycles. The molecule has 0 aliphatic rings. The molecule has 0 amide bonds. The van der Waals surface area contributed by atoms with Crippen molar-refractivity contribution >= 4 is 27.1 Å². The maximum atomic E-state index is 11.9. The predicted octanol–water partition coefficient (Wildman–Crippen LogP) is 4.86. The van der Waals surface area contributed by atoms with E-state index in [0.717, 1.165) is 16.8 Å². The summed E-state index contributed by atoms with van der Waals surface area (Å²) in [6.07, 6.45) is 0. The molecular formula is C20H20N2O2S. The lowest BCUT2D eigenvalue weighted by molar-refractivity contribution is 0.602. The Morgan fingerprint density at radius 2 is 1.28 bits per heavy atom. The number of rotatable bonds is 6. The molecule has 0 bridgehead atoms. The minimum atomic E-state index is -3.34. The first-order chi connectivity index (χ1) is 12.1. The van der Waals surface area contributed by atoms with E-state index in [9.17, 15) is 8.42 Å². The van der Waals surface area contributed by atoms with Crippen LogP contribution in [0.3, 0.4) is 0 Å². The van der Waals surface area contributed by atoms with Crippen LogP contribution >= 0.6 is 0 Å². The van der Waals surface area contributed by atoms with Gasteiger partial charge in [0, 0.05) is 11.3 Å². The first-order valence-electron chi connectivity index (χ1n) is 8.10. The first-order valence-corrected chi connectivity index (χ1v) is 9.75. The molecule has 0 atom stereocenters. The van der Waals surface area contributed by atoms with Crippen LogP contribution in [-0.2, 0) is 10.0 Å². The Bertz CT molecular complexity index is 954. The lowest BCUT2D eigenvalue weighted by Crippen LogP contribution is -2.15. The van der Waals surface area contributed by atoms with Gasteiger partial charge in [0.2, 0.25) is 10.0 Å². The van der Waals surface area contributed by atoms with Crippen molar-refractivity contribution in [1.82, 2.24) is 0 Å². The number of hydrogen-bond donors (Lipinski definition) is 2. The average molecular weight is 352 g/mol. The van der Waals surface area contributed by atoms with Gasteiger partial charge in [-0.15, -0.1) is 0 Å². The number of hydrogen-bond acceptors (Lipinski definition) is 3. The predicted molar refractivity (Wildman–Crippen MR) is 105 cm³/mol. The van der Waals surface area contributed by atoms with E-state index in [1.165, 1.54) is 0 Å². The van der Waals surface area contributed by atoms with Crippen molar-refractivity contribution in [2.45, 2.75) is 6.92 Å². The van der Waals surface area contributed by atoms with Gasteiger partial charge < -0.3 is 5.32 Å².